The van der Waals surface area contributed by atoms with E-state index in [1.54, 1.807) is 19.2 Å². The number of benzene rings is 3. The van der Waals surface area contributed by atoms with Gasteiger partial charge in [0.25, 0.3) is 11.8 Å². The summed E-state index contributed by atoms with van der Waals surface area (Å²) in [6.07, 6.45) is 2.66. The zero-order valence-electron chi connectivity index (χ0n) is 19.4. The molecule has 5 nitrogen and oxygen atoms in total. The number of methoxy groups -OCH3 is 1. The number of fused-ring (bicyclic) bond motifs is 1. The Hall–Kier alpha value is -3.35. The van der Waals surface area contributed by atoms with Crippen LogP contribution in [0.25, 0.3) is 6.08 Å². The summed E-state index contributed by atoms with van der Waals surface area (Å²) in [7, 11) is 1.64. The molecule has 0 saturated heterocycles. The predicted octanol–water partition coefficient (Wildman–Crippen LogP) is 5.44. The lowest BCUT2D eigenvalue weighted by Crippen LogP contribution is -2.33. The van der Waals surface area contributed by atoms with Crippen molar-refractivity contribution in [1.29, 1.82) is 0 Å². The lowest BCUT2D eigenvalue weighted by molar-refractivity contribution is -0.114. The zero-order valence-corrected chi connectivity index (χ0v) is 20.2. The third-order valence-electron chi connectivity index (χ3n) is 5.57. The van der Waals surface area contributed by atoms with Crippen molar-refractivity contribution in [3.8, 4) is 0 Å². The fourth-order valence-electron chi connectivity index (χ4n) is 3.70. The number of aryl methyl sites for hydroxylation is 1. The highest BCUT2D eigenvalue weighted by Crippen LogP contribution is 2.42. The number of nitrogens with zero attached hydrogens (tertiary/aromatic N) is 1. The highest BCUT2D eigenvalue weighted by molar-refractivity contribution is 8.04. The van der Waals surface area contributed by atoms with Gasteiger partial charge < -0.3 is 15.0 Å². The molecule has 0 saturated carbocycles. The Labute approximate surface area is 204 Å². The van der Waals surface area contributed by atoms with E-state index in [4.69, 9.17) is 4.74 Å². The molecule has 1 heterocycles. The Kier molecular flexibility index (Phi) is 7.83. The molecule has 4 rings (SSSR count). The van der Waals surface area contributed by atoms with E-state index in [9.17, 15) is 9.59 Å². The van der Waals surface area contributed by atoms with Gasteiger partial charge in [-0.25, -0.2) is 0 Å². The first kappa shape index (κ1) is 23.8. The molecule has 3 aromatic rings. The Morgan fingerprint density at radius 3 is 2.50 bits per heavy atom. The van der Waals surface area contributed by atoms with E-state index in [1.807, 2.05) is 47.4 Å². The molecule has 0 fully saturated rings. The third kappa shape index (κ3) is 5.76. The number of hydrogen-bond donors (Lipinski definition) is 1. The molecule has 34 heavy (non-hydrogen) atoms. The molecule has 6 heteroatoms. The van der Waals surface area contributed by atoms with Crippen LogP contribution >= 0.6 is 11.8 Å². The van der Waals surface area contributed by atoms with Crippen molar-refractivity contribution in [2.75, 3.05) is 25.2 Å². The van der Waals surface area contributed by atoms with Gasteiger partial charge in [0, 0.05) is 30.7 Å². The molecule has 0 spiro atoms. The molecule has 1 aliphatic heterocycles. The van der Waals surface area contributed by atoms with Crippen molar-refractivity contribution in [1.82, 2.24) is 5.32 Å². The lowest BCUT2D eigenvalue weighted by atomic mass is 10.1. The van der Waals surface area contributed by atoms with Crippen molar-refractivity contribution in [2.24, 2.45) is 0 Å². The van der Waals surface area contributed by atoms with Gasteiger partial charge >= 0.3 is 0 Å². The third-order valence-corrected chi connectivity index (χ3v) is 6.65. The summed E-state index contributed by atoms with van der Waals surface area (Å²) in [5.74, 6) is -0.138. The maximum atomic E-state index is 13.5. The molecular weight excluding hydrogens is 444 g/mol. The van der Waals surface area contributed by atoms with Crippen molar-refractivity contribution in [3.63, 3.8) is 0 Å². The minimum Gasteiger partial charge on any atom is -0.385 e. The van der Waals surface area contributed by atoms with Gasteiger partial charge in [0.15, 0.2) is 0 Å². The Bertz CT molecular complexity index is 1190. The standard InChI is InChI=1S/C28H28N2O3S/c1-20-8-10-22(11-9-20)19-30-24-6-3-4-7-25(24)34-26(28(30)32)18-21-12-14-23(15-13-21)27(31)29-16-5-17-33-2/h3-4,6-15,18H,5,16-17,19H2,1-2H3,(H,29,31)/b26-18+. The Morgan fingerprint density at radius 2 is 1.76 bits per heavy atom. The lowest BCUT2D eigenvalue weighted by Gasteiger charge is -2.30. The average molecular weight is 473 g/mol. The molecule has 0 radical (unpaired) electrons. The first-order valence-electron chi connectivity index (χ1n) is 11.3. The molecule has 0 atom stereocenters. The van der Waals surface area contributed by atoms with E-state index in [1.165, 1.54) is 17.3 Å². The maximum Gasteiger partial charge on any atom is 0.265 e. The molecule has 0 aliphatic carbocycles. The van der Waals surface area contributed by atoms with Crippen molar-refractivity contribution in [3.05, 3.63) is 100.0 Å². The van der Waals surface area contributed by atoms with Crippen LogP contribution in [0.3, 0.4) is 0 Å². The number of ether oxygens (including phenoxy) is 1. The van der Waals surface area contributed by atoms with Crippen LogP contribution in [0, 0.1) is 6.92 Å². The van der Waals surface area contributed by atoms with Crippen molar-refractivity contribution in [2.45, 2.75) is 24.8 Å². The molecule has 174 valence electrons. The van der Waals surface area contributed by atoms with Gasteiger partial charge in [0.05, 0.1) is 17.1 Å². The van der Waals surface area contributed by atoms with Crippen LogP contribution < -0.4 is 10.2 Å². The normalized spacial score (nSPS) is 14.2. The second kappa shape index (κ2) is 11.2. The number of carbonyl (C=O) groups excluding carboxylic acids is 2. The van der Waals surface area contributed by atoms with Crippen LogP contribution in [0.5, 0.6) is 0 Å². The van der Waals surface area contributed by atoms with E-state index >= 15 is 0 Å². The van der Waals surface area contributed by atoms with Crippen LogP contribution in [-0.2, 0) is 16.1 Å². The zero-order chi connectivity index (χ0) is 23.9. The minimum atomic E-state index is -0.114. The second-order valence-corrected chi connectivity index (χ2v) is 9.26. The smallest absolute Gasteiger partial charge is 0.265 e. The highest BCUT2D eigenvalue weighted by atomic mass is 32.2. The van der Waals surface area contributed by atoms with Crippen molar-refractivity contribution >= 4 is 35.3 Å². The number of anilines is 1. The number of amides is 2. The van der Waals surface area contributed by atoms with Gasteiger partial charge in [-0.1, -0.05) is 65.9 Å². The summed E-state index contributed by atoms with van der Waals surface area (Å²) in [5, 5.41) is 2.89. The summed E-state index contributed by atoms with van der Waals surface area (Å²) in [6, 6.07) is 23.6. The first-order valence-corrected chi connectivity index (χ1v) is 12.1. The van der Waals surface area contributed by atoms with E-state index < -0.39 is 0 Å². The topological polar surface area (TPSA) is 58.6 Å². The number of para-hydroxylation sites is 1. The summed E-state index contributed by atoms with van der Waals surface area (Å²) >= 11 is 1.48. The van der Waals surface area contributed by atoms with E-state index in [0.717, 1.165) is 28.1 Å². The fraction of sp³-hybridized carbons (Fsp3) is 0.214. The molecule has 0 bridgehead atoms. The average Bonchev–Trinajstić information content (AvgIpc) is 2.86. The minimum absolute atomic E-state index is 0.0239. The van der Waals surface area contributed by atoms with Crippen LogP contribution in [0.15, 0.2) is 82.6 Å². The van der Waals surface area contributed by atoms with Crippen LogP contribution in [0.2, 0.25) is 0 Å². The number of thioether (sulfide) groups is 1. The molecular formula is C28H28N2O3S. The molecule has 3 aromatic carbocycles. The van der Waals surface area contributed by atoms with E-state index in [-0.39, 0.29) is 11.8 Å². The predicted molar refractivity (Wildman–Crippen MR) is 138 cm³/mol. The van der Waals surface area contributed by atoms with Gasteiger partial charge in [-0.3, -0.25) is 9.59 Å². The monoisotopic (exact) mass is 472 g/mol. The van der Waals surface area contributed by atoms with Gasteiger partial charge in [-0.05, 0) is 54.8 Å². The van der Waals surface area contributed by atoms with Gasteiger partial charge in [-0.2, -0.15) is 0 Å². The second-order valence-electron chi connectivity index (χ2n) is 8.18. The molecule has 2 amide bonds. The Morgan fingerprint density at radius 1 is 1.03 bits per heavy atom. The van der Waals surface area contributed by atoms with Crippen LogP contribution in [0.1, 0.15) is 33.5 Å². The number of hydrogen-bond acceptors (Lipinski definition) is 4. The quantitative estimate of drug-likeness (QED) is 0.350. The molecule has 0 unspecified atom stereocenters. The van der Waals surface area contributed by atoms with E-state index in [0.29, 0.717) is 30.2 Å². The SMILES string of the molecule is COCCCNC(=O)c1ccc(/C=C2/Sc3ccccc3N(Cc3ccc(C)cc3)C2=O)cc1. The Balaban J connectivity index is 1.53. The van der Waals surface area contributed by atoms with Gasteiger partial charge in [-0.15, -0.1) is 0 Å². The van der Waals surface area contributed by atoms with Crippen molar-refractivity contribution < 1.29 is 14.3 Å². The maximum absolute atomic E-state index is 13.5. The highest BCUT2D eigenvalue weighted by Gasteiger charge is 2.29. The summed E-state index contributed by atoms with van der Waals surface area (Å²) in [4.78, 5) is 29.3. The fourth-order valence-corrected chi connectivity index (χ4v) is 4.76. The van der Waals surface area contributed by atoms with E-state index in [2.05, 4.69) is 36.5 Å². The molecule has 1 N–H and O–H groups in total. The van der Waals surface area contributed by atoms with Gasteiger partial charge in [0.2, 0.25) is 0 Å². The van der Waals surface area contributed by atoms with Crippen LogP contribution in [-0.4, -0.2) is 32.1 Å². The largest absolute Gasteiger partial charge is 0.385 e. The molecule has 1 aliphatic rings. The summed E-state index contributed by atoms with van der Waals surface area (Å²) < 4.78 is 5.00. The van der Waals surface area contributed by atoms with Crippen LogP contribution in [0.4, 0.5) is 5.69 Å². The first-order chi connectivity index (χ1) is 16.5. The van der Waals surface area contributed by atoms with Gasteiger partial charge in [0.1, 0.15) is 0 Å². The number of carbonyl (C=O) groups is 2. The number of rotatable bonds is 8. The summed E-state index contributed by atoms with van der Waals surface area (Å²) in [6.45, 7) is 3.75. The number of nitrogens with one attached hydrogen (secondary N) is 1. The molecule has 0 aromatic heterocycles. The summed E-state index contributed by atoms with van der Waals surface area (Å²) in [5.41, 5.74) is 4.67.